The summed E-state index contributed by atoms with van der Waals surface area (Å²) in [5.41, 5.74) is 4.81. The molecule has 0 amide bonds. The van der Waals surface area contributed by atoms with Crippen molar-refractivity contribution in [1.29, 1.82) is 0 Å². The number of methoxy groups -OCH3 is 2. The third-order valence-corrected chi connectivity index (χ3v) is 5.90. The molecule has 8 heteroatoms. The van der Waals surface area contributed by atoms with E-state index in [-0.39, 0.29) is 23.1 Å². The molecule has 8 nitrogen and oxygen atoms in total. The zero-order chi connectivity index (χ0) is 26.3. The van der Waals surface area contributed by atoms with E-state index in [1.54, 1.807) is 12.4 Å². The number of hydrogen-bond acceptors (Lipinski definition) is 8. The van der Waals surface area contributed by atoms with Crippen LogP contribution in [0.15, 0.2) is 49.1 Å². The first-order valence-corrected chi connectivity index (χ1v) is 11.8. The van der Waals surface area contributed by atoms with Crippen molar-refractivity contribution >= 4 is 23.1 Å². The van der Waals surface area contributed by atoms with E-state index in [1.807, 2.05) is 24.3 Å². The summed E-state index contributed by atoms with van der Waals surface area (Å²) < 4.78 is 20.6. The predicted molar refractivity (Wildman–Crippen MR) is 136 cm³/mol. The maximum atomic E-state index is 11.5. The molecular weight excluding hydrogens is 460 g/mol. The van der Waals surface area contributed by atoms with Crippen LogP contribution in [0.4, 0.5) is 0 Å². The molecule has 0 spiro atoms. The predicted octanol–water partition coefficient (Wildman–Crippen LogP) is 4.90. The van der Waals surface area contributed by atoms with Crippen LogP contribution in [0.1, 0.15) is 72.4 Å². The number of rotatable bonds is 4. The van der Waals surface area contributed by atoms with Gasteiger partial charge in [-0.05, 0) is 62.1 Å². The molecular formula is C28H34N2O6. The zero-order valence-electron chi connectivity index (χ0n) is 21.8. The maximum Gasteiger partial charge on any atom is 0.339 e. The fraction of sp³-hybridized carbons (Fsp3) is 0.429. The molecule has 192 valence electrons. The van der Waals surface area contributed by atoms with Crippen LogP contribution in [0.2, 0.25) is 0 Å². The molecule has 2 aliphatic heterocycles. The second-order valence-corrected chi connectivity index (χ2v) is 9.86. The van der Waals surface area contributed by atoms with Crippen molar-refractivity contribution < 1.29 is 28.5 Å². The van der Waals surface area contributed by atoms with Gasteiger partial charge in [-0.1, -0.05) is 12.2 Å². The average Bonchev–Trinajstić information content (AvgIpc) is 2.87. The lowest BCUT2D eigenvalue weighted by atomic mass is 9.91. The topological polar surface area (TPSA) is 96.8 Å². The standard InChI is InChI=1S/2C14H17NO3/c2*1-14(2)7-10(4-5-18-14)11-6-12(9-15-8-11)13(16)17-3/h2*4,6,8-9H,5,7H2,1-3H3. The van der Waals surface area contributed by atoms with Gasteiger partial charge in [-0.2, -0.15) is 0 Å². The lowest BCUT2D eigenvalue weighted by Crippen LogP contribution is -2.28. The van der Waals surface area contributed by atoms with Gasteiger partial charge in [0.25, 0.3) is 0 Å². The van der Waals surface area contributed by atoms with Gasteiger partial charge in [-0.3, -0.25) is 9.97 Å². The van der Waals surface area contributed by atoms with E-state index in [0.717, 1.165) is 35.1 Å². The number of aromatic nitrogens is 2. The Morgan fingerprint density at radius 1 is 0.722 bits per heavy atom. The molecule has 0 saturated heterocycles. The van der Waals surface area contributed by atoms with Crippen LogP contribution >= 0.6 is 0 Å². The molecule has 0 N–H and O–H groups in total. The monoisotopic (exact) mass is 494 g/mol. The minimum absolute atomic E-state index is 0.175. The molecule has 36 heavy (non-hydrogen) atoms. The summed E-state index contributed by atoms with van der Waals surface area (Å²) >= 11 is 0. The average molecular weight is 495 g/mol. The Bertz CT molecular complexity index is 1070. The van der Waals surface area contributed by atoms with E-state index in [1.165, 1.54) is 26.6 Å². The normalized spacial score (nSPS) is 18.1. The van der Waals surface area contributed by atoms with Crippen molar-refractivity contribution in [3.05, 3.63) is 71.3 Å². The lowest BCUT2D eigenvalue weighted by molar-refractivity contribution is -0.00334. The number of pyridine rings is 2. The Morgan fingerprint density at radius 3 is 1.44 bits per heavy atom. The first kappa shape index (κ1) is 27.2. The Morgan fingerprint density at radius 2 is 1.11 bits per heavy atom. The number of ether oxygens (including phenoxy) is 4. The second kappa shape index (κ2) is 11.6. The van der Waals surface area contributed by atoms with Gasteiger partial charge in [0.2, 0.25) is 0 Å². The van der Waals surface area contributed by atoms with Crippen molar-refractivity contribution in [3.63, 3.8) is 0 Å². The summed E-state index contributed by atoms with van der Waals surface area (Å²) in [6, 6.07) is 3.62. The van der Waals surface area contributed by atoms with Crippen LogP contribution in [0.25, 0.3) is 11.1 Å². The highest BCUT2D eigenvalue weighted by Crippen LogP contribution is 2.32. The lowest BCUT2D eigenvalue weighted by Gasteiger charge is -2.30. The SMILES string of the molecule is COC(=O)c1cncc(C2=CCOC(C)(C)C2)c1.COC(=O)c1cncc(C2=CCOC(C)(C)C2)c1. The van der Waals surface area contributed by atoms with Crippen molar-refractivity contribution in [3.8, 4) is 0 Å². The minimum Gasteiger partial charge on any atom is -0.465 e. The quantitative estimate of drug-likeness (QED) is 0.554. The molecule has 0 unspecified atom stereocenters. The third kappa shape index (κ3) is 7.32. The Hall–Kier alpha value is -3.36. The largest absolute Gasteiger partial charge is 0.465 e. The van der Waals surface area contributed by atoms with Gasteiger partial charge in [0.15, 0.2) is 0 Å². The van der Waals surface area contributed by atoms with E-state index < -0.39 is 0 Å². The maximum absolute atomic E-state index is 11.5. The molecule has 0 radical (unpaired) electrons. The number of nitrogens with zero attached hydrogens (tertiary/aromatic N) is 2. The van der Waals surface area contributed by atoms with Crippen molar-refractivity contribution in [1.82, 2.24) is 9.97 Å². The van der Waals surface area contributed by atoms with Gasteiger partial charge in [0.1, 0.15) is 0 Å². The summed E-state index contributed by atoms with van der Waals surface area (Å²) in [4.78, 5) is 31.1. The summed E-state index contributed by atoms with van der Waals surface area (Å²) in [7, 11) is 2.73. The van der Waals surface area contributed by atoms with E-state index in [4.69, 9.17) is 18.9 Å². The highest BCUT2D eigenvalue weighted by molar-refractivity contribution is 5.90. The van der Waals surface area contributed by atoms with Crippen LogP contribution in [0.3, 0.4) is 0 Å². The second-order valence-electron chi connectivity index (χ2n) is 9.86. The fourth-order valence-corrected chi connectivity index (χ4v) is 4.03. The Balaban J connectivity index is 0.000000201. The summed E-state index contributed by atoms with van der Waals surface area (Å²) in [6.07, 6.45) is 12.2. The van der Waals surface area contributed by atoms with Crippen LogP contribution in [-0.4, -0.2) is 60.5 Å². The molecule has 2 aromatic rings. The van der Waals surface area contributed by atoms with Crippen molar-refractivity contribution in [2.75, 3.05) is 27.4 Å². The molecule has 2 aromatic heterocycles. The van der Waals surface area contributed by atoms with Crippen molar-refractivity contribution in [2.45, 2.75) is 51.7 Å². The van der Waals surface area contributed by atoms with E-state index in [0.29, 0.717) is 24.3 Å². The summed E-state index contributed by atoms with van der Waals surface area (Å²) in [6.45, 7) is 9.39. The van der Waals surface area contributed by atoms with Crippen LogP contribution < -0.4 is 0 Å². The molecule has 4 rings (SSSR count). The van der Waals surface area contributed by atoms with Gasteiger partial charge >= 0.3 is 11.9 Å². The van der Waals surface area contributed by atoms with Gasteiger partial charge in [-0.15, -0.1) is 0 Å². The summed E-state index contributed by atoms with van der Waals surface area (Å²) in [5, 5.41) is 0. The number of carbonyl (C=O) groups is 2. The van der Waals surface area contributed by atoms with Gasteiger partial charge in [0.05, 0.1) is 49.8 Å². The highest BCUT2D eigenvalue weighted by Gasteiger charge is 2.25. The molecule has 0 atom stereocenters. The van der Waals surface area contributed by atoms with Crippen LogP contribution in [-0.2, 0) is 18.9 Å². The number of carbonyl (C=O) groups excluding carboxylic acids is 2. The first-order chi connectivity index (χ1) is 17.0. The third-order valence-electron chi connectivity index (χ3n) is 5.90. The number of esters is 2. The molecule has 4 heterocycles. The van der Waals surface area contributed by atoms with Gasteiger partial charge < -0.3 is 18.9 Å². The van der Waals surface area contributed by atoms with E-state index in [9.17, 15) is 9.59 Å². The molecule has 0 fully saturated rings. The molecule has 0 aliphatic carbocycles. The van der Waals surface area contributed by atoms with E-state index >= 15 is 0 Å². The summed E-state index contributed by atoms with van der Waals surface area (Å²) in [5.74, 6) is -0.729. The fourth-order valence-electron chi connectivity index (χ4n) is 4.03. The van der Waals surface area contributed by atoms with Gasteiger partial charge in [-0.25, -0.2) is 9.59 Å². The smallest absolute Gasteiger partial charge is 0.339 e. The van der Waals surface area contributed by atoms with E-state index in [2.05, 4.69) is 37.7 Å². The molecule has 0 saturated carbocycles. The number of hydrogen-bond donors (Lipinski definition) is 0. The Labute approximate surface area is 212 Å². The molecule has 0 bridgehead atoms. The van der Waals surface area contributed by atoms with Gasteiger partial charge in [0, 0.05) is 37.6 Å². The molecule has 2 aliphatic rings. The minimum atomic E-state index is -0.365. The zero-order valence-corrected chi connectivity index (χ0v) is 21.8. The van der Waals surface area contributed by atoms with Crippen LogP contribution in [0.5, 0.6) is 0 Å². The highest BCUT2D eigenvalue weighted by atomic mass is 16.5. The first-order valence-electron chi connectivity index (χ1n) is 11.8. The van der Waals surface area contributed by atoms with Crippen molar-refractivity contribution in [2.24, 2.45) is 0 Å². The Kier molecular flexibility index (Phi) is 8.76. The molecule has 0 aromatic carbocycles. The van der Waals surface area contributed by atoms with Crippen LogP contribution in [0, 0.1) is 0 Å².